The van der Waals surface area contributed by atoms with E-state index in [2.05, 4.69) is 20.9 Å². The van der Waals surface area contributed by atoms with Crippen LogP contribution in [0, 0.1) is 0 Å². The molecule has 0 saturated heterocycles. The number of pyridine rings is 1. The molecule has 0 spiro atoms. The normalized spacial score (nSPS) is 9.45. The van der Waals surface area contributed by atoms with E-state index in [4.69, 9.17) is 0 Å². The molecule has 0 aliphatic heterocycles. The van der Waals surface area contributed by atoms with Gasteiger partial charge in [-0.25, -0.2) is 8.78 Å². The third-order valence-electron chi connectivity index (χ3n) is 1.03. The Morgan fingerprint density at radius 1 is 1.45 bits per heavy atom. The number of rotatable bonds is 1. The summed E-state index contributed by atoms with van der Waals surface area (Å²) in [7, 11) is 0. The number of alkyl halides is 2. The van der Waals surface area contributed by atoms with Crippen LogP contribution < -0.4 is 0 Å². The van der Waals surface area contributed by atoms with Gasteiger partial charge in [-0.3, -0.25) is 4.98 Å². The summed E-state index contributed by atoms with van der Waals surface area (Å²) < 4.78 is 24.3. The summed E-state index contributed by atoms with van der Waals surface area (Å²) in [4.78, 5) is 3.56. The topological polar surface area (TPSA) is 12.9 Å². The van der Waals surface area contributed by atoms with Gasteiger partial charge in [-0.05, 0) is 6.07 Å². The standard InChI is InChI=1S/C6H4BrF2N.BrH/c7-5-1-2-10-3-4(5)6(8)9;/h1-3,6H;1H. The van der Waals surface area contributed by atoms with E-state index in [1.165, 1.54) is 12.3 Å². The van der Waals surface area contributed by atoms with Gasteiger partial charge in [0.1, 0.15) is 0 Å². The van der Waals surface area contributed by atoms with Gasteiger partial charge in [-0.15, -0.1) is 17.0 Å². The van der Waals surface area contributed by atoms with Crippen molar-refractivity contribution in [3.05, 3.63) is 28.5 Å². The molecule has 1 aromatic heterocycles. The lowest BCUT2D eigenvalue weighted by molar-refractivity contribution is 0.150. The van der Waals surface area contributed by atoms with Crippen LogP contribution in [0.1, 0.15) is 12.0 Å². The molecule has 1 aromatic rings. The second-order valence-corrected chi connectivity index (χ2v) is 2.55. The van der Waals surface area contributed by atoms with E-state index in [0.29, 0.717) is 4.47 Å². The quantitative estimate of drug-likeness (QED) is 0.772. The fourth-order valence-electron chi connectivity index (χ4n) is 0.550. The zero-order chi connectivity index (χ0) is 7.56. The lowest BCUT2D eigenvalue weighted by Crippen LogP contribution is -1.86. The van der Waals surface area contributed by atoms with E-state index < -0.39 is 6.43 Å². The summed E-state index contributed by atoms with van der Waals surface area (Å²) in [5.41, 5.74) is -0.0671. The summed E-state index contributed by atoms with van der Waals surface area (Å²) in [6.45, 7) is 0. The highest BCUT2D eigenvalue weighted by atomic mass is 79.9. The molecule has 0 bridgehead atoms. The first-order valence-electron chi connectivity index (χ1n) is 2.59. The second-order valence-electron chi connectivity index (χ2n) is 1.70. The zero-order valence-corrected chi connectivity index (χ0v) is 8.60. The molecule has 0 aliphatic carbocycles. The fraction of sp³-hybridized carbons (Fsp3) is 0.167. The molecule has 0 amide bonds. The zero-order valence-electron chi connectivity index (χ0n) is 5.30. The second kappa shape index (κ2) is 4.77. The predicted octanol–water partition coefficient (Wildman–Crippen LogP) is 3.36. The highest BCUT2D eigenvalue weighted by Gasteiger charge is 2.09. The highest BCUT2D eigenvalue weighted by molar-refractivity contribution is 9.10. The molecule has 0 N–H and O–H groups in total. The van der Waals surface area contributed by atoms with Crippen molar-refractivity contribution in [2.24, 2.45) is 0 Å². The molecule has 0 aliphatic rings. The SMILES string of the molecule is Br.FC(F)c1cnccc1Br. The monoisotopic (exact) mass is 287 g/mol. The van der Waals surface area contributed by atoms with Crippen molar-refractivity contribution in [3.63, 3.8) is 0 Å². The number of aromatic nitrogens is 1. The Labute approximate surface area is 81.7 Å². The Bertz CT molecular complexity index is 230. The van der Waals surface area contributed by atoms with Crippen LogP contribution in [0.15, 0.2) is 22.9 Å². The van der Waals surface area contributed by atoms with E-state index in [0.717, 1.165) is 6.20 Å². The average molecular weight is 289 g/mol. The van der Waals surface area contributed by atoms with Crippen molar-refractivity contribution in [1.82, 2.24) is 4.98 Å². The Kier molecular flexibility index (Phi) is 4.76. The van der Waals surface area contributed by atoms with Crippen molar-refractivity contribution in [1.29, 1.82) is 0 Å². The van der Waals surface area contributed by atoms with E-state index in [-0.39, 0.29) is 22.5 Å². The molecule has 0 saturated carbocycles. The van der Waals surface area contributed by atoms with Crippen LogP contribution in [0.5, 0.6) is 0 Å². The highest BCUT2D eigenvalue weighted by Crippen LogP contribution is 2.25. The maximum Gasteiger partial charge on any atom is 0.266 e. The molecule has 1 nitrogen and oxygen atoms in total. The molecule has 5 heteroatoms. The first-order valence-corrected chi connectivity index (χ1v) is 3.38. The summed E-state index contributed by atoms with van der Waals surface area (Å²) in [5, 5.41) is 0. The van der Waals surface area contributed by atoms with Gasteiger partial charge >= 0.3 is 0 Å². The van der Waals surface area contributed by atoms with E-state index in [1.807, 2.05) is 0 Å². The van der Waals surface area contributed by atoms with Gasteiger partial charge in [0.25, 0.3) is 6.43 Å². The van der Waals surface area contributed by atoms with Gasteiger partial charge in [0.05, 0.1) is 5.56 Å². The van der Waals surface area contributed by atoms with Crippen LogP contribution in [0.3, 0.4) is 0 Å². The molecule has 0 fully saturated rings. The van der Waals surface area contributed by atoms with Gasteiger partial charge in [-0.1, -0.05) is 15.9 Å². The molecule has 1 heterocycles. The van der Waals surface area contributed by atoms with Crippen molar-refractivity contribution in [2.45, 2.75) is 6.43 Å². The van der Waals surface area contributed by atoms with Gasteiger partial charge in [0.2, 0.25) is 0 Å². The van der Waals surface area contributed by atoms with Crippen molar-refractivity contribution < 1.29 is 8.78 Å². The van der Waals surface area contributed by atoms with Crippen LogP contribution >= 0.6 is 32.9 Å². The molecule has 0 aromatic carbocycles. The van der Waals surface area contributed by atoms with Crippen LogP contribution in [0.2, 0.25) is 0 Å². The number of hydrogen-bond acceptors (Lipinski definition) is 1. The Morgan fingerprint density at radius 3 is 2.45 bits per heavy atom. The third kappa shape index (κ3) is 2.83. The molecule has 0 atom stereocenters. The first kappa shape index (κ1) is 11.0. The van der Waals surface area contributed by atoms with E-state index in [1.54, 1.807) is 0 Å². The van der Waals surface area contributed by atoms with Gasteiger partial charge < -0.3 is 0 Å². The molecule has 0 radical (unpaired) electrons. The molecular weight excluding hydrogens is 284 g/mol. The third-order valence-corrected chi connectivity index (χ3v) is 1.75. The van der Waals surface area contributed by atoms with Crippen molar-refractivity contribution in [2.75, 3.05) is 0 Å². The number of nitrogens with zero attached hydrogens (tertiary/aromatic N) is 1. The molecule has 1 rings (SSSR count). The lowest BCUT2D eigenvalue weighted by Gasteiger charge is -1.99. The van der Waals surface area contributed by atoms with Gasteiger partial charge in [0, 0.05) is 16.9 Å². The average Bonchev–Trinajstić information content (AvgIpc) is 1.88. The summed E-state index contributed by atoms with van der Waals surface area (Å²) in [6.07, 6.45) is 0.146. The van der Waals surface area contributed by atoms with Gasteiger partial charge in [-0.2, -0.15) is 0 Å². The minimum atomic E-state index is -2.46. The van der Waals surface area contributed by atoms with Gasteiger partial charge in [0.15, 0.2) is 0 Å². The molecule has 0 unspecified atom stereocenters. The maximum absolute atomic E-state index is 12.0. The van der Waals surface area contributed by atoms with Crippen LogP contribution in [-0.2, 0) is 0 Å². The molecule has 62 valence electrons. The van der Waals surface area contributed by atoms with Crippen molar-refractivity contribution in [3.8, 4) is 0 Å². The summed E-state index contributed by atoms with van der Waals surface area (Å²) >= 11 is 2.98. The Hall–Kier alpha value is -0.0300. The molecular formula is C6H5Br2F2N. The smallest absolute Gasteiger partial charge is 0.264 e. The first-order chi connectivity index (χ1) is 4.72. The van der Waals surface area contributed by atoms with Crippen molar-refractivity contribution >= 4 is 32.9 Å². The summed E-state index contributed by atoms with van der Waals surface area (Å²) in [6, 6.07) is 1.49. The summed E-state index contributed by atoms with van der Waals surface area (Å²) in [5.74, 6) is 0. The number of hydrogen-bond donors (Lipinski definition) is 0. The Balaban J connectivity index is 0.000001000. The minimum Gasteiger partial charge on any atom is -0.264 e. The minimum absolute atomic E-state index is 0. The largest absolute Gasteiger partial charge is 0.266 e. The fourth-order valence-corrected chi connectivity index (χ4v) is 0.944. The van der Waals surface area contributed by atoms with Crippen LogP contribution in [-0.4, -0.2) is 4.98 Å². The predicted molar refractivity (Wildman–Crippen MR) is 47.2 cm³/mol. The van der Waals surface area contributed by atoms with Crippen LogP contribution in [0.25, 0.3) is 0 Å². The lowest BCUT2D eigenvalue weighted by atomic mass is 10.3. The Morgan fingerprint density at radius 2 is 2.09 bits per heavy atom. The van der Waals surface area contributed by atoms with E-state index in [9.17, 15) is 8.78 Å². The van der Waals surface area contributed by atoms with E-state index >= 15 is 0 Å². The van der Waals surface area contributed by atoms with Crippen LogP contribution in [0.4, 0.5) is 8.78 Å². The number of halogens is 4. The molecule has 11 heavy (non-hydrogen) atoms. The maximum atomic E-state index is 12.0.